The van der Waals surface area contributed by atoms with Crippen LogP contribution in [0.5, 0.6) is 0 Å². The van der Waals surface area contributed by atoms with Crippen molar-refractivity contribution in [1.82, 2.24) is 5.32 Å². The lowest BCUT2D eigenvalue weighted by Crippen LogP contribution is -2.40. The van der Waals surface area contributed by atoms with Crippen LogP contribution in [0.25, 0.3) is 0 Å². The summed E-state index contributed by atoms with van der Waals surface area (Å²) in [6.45, 7) is 8.16. The summed E-state index contributed by atoms with van der Waals surface area (Å²) in [5.74, 6) is 0.594. The predicted octanol–water partition coefficient (Wildman–Crippen LogP) is 0.681. The van der Waals surface area contributed by atoms with E-state index in [1.165, 1.54) is 0 Å². The molecule has 0 spiro atoms. The van der Waals surface area contributed by atoms with Gasteiger partial charge in [0.05, 0.1) is 45.7 Å². The van der Waals surface area contributed by atoms with Crippen LogP contribution >= 0.6 is 0 Å². The van der Waals surface area contributed by atoms with Gasteiger partial charge in [0.25, 0.3) is 0 Å². The van der Waals surface area contributed by atoms with E-state index >= 15 is 0 Å². The number of rotatable bonds is 10. The quantitative estimate of drug-likeness (QED) is 0.586. The highest BCUT2D eigenvalue weighted by Gasteiger charge is 2.20. The summed E-state index contributed by atoms with van der Waals surface area (Å²) in [4.78, 5) is 0. The molecule has 0 aromatic heterocycles. The summed E-state index contributed by atoms with van der Waals surface area (Å²) < 4.78 is 21.4. The summed E-state index contributed by atoms with van der Waals surface area (Å²) in [6, 6.07) is 0. The average Bonchev–Trinajstić information content (AvgIpc) is 2.39. The molecule has 1 fully saturated rings. The molecule has 2 unspecified atom stereocenters. The second kappa shape index (κ2) is 10.7. The zero-order valence-corrected chi connectivity index (χ0v) is 11.7. The van der Waals surface area contributed by atoms with Crippen molar-refractivity contribution in [2.75, 3.05) is 59.8 Å². The third kappa shape index (κ3) is 7.28. The fraction of sp³-hybridized carbons (Fsp3) is 1.00. The van der Waals surface area contributed by atoms with Crippen molar-refractivity contribution in [2.24, 2.45) is 5.92 Å². The Hall–Kier alpha value is -0.200. The molecule has 0 aromatic rings. The second-order valence-corrected chi connectivity index (χ2v) is 4.60. The highest BCUT2D eigenvalue weighted by Crippen LogP contribution is 2.13. The van der Waals surface area contributed by atoms with Crippen LogP contribution in [0.1, 0.15) is 13.3 Å². The van der Waals surface area contributed by atoms with E-state index in [-0.39, 0.29) is 0 Å². The molecular weight excluding hydrogens is 234 g/mol. The van der Waals surface area contributed by atoms with Gasteiger partial charge in [0.2, 0.25) is 0 Å². The zero-order chi connectivity index (χ0) is 13.1. The van der Waals surface area contributed by atoms with Gasteiger partial charge in [-0.1, -0.05) is 6.92 Å². The first-order chi connectivity index (χ1) is 8.84. The lowest BCUT2D eigenvalue weighted by molar-refractivity contribution is -0.0389. The van der Waals surface area contributed by atoms with Crippen LogP contribution in [0.4, 0.5) is 0 Å². The van der Waals surface area contributed by atoms with Gasteiger partial charge in [-0.3, -0.25) is 0 Å². The lowest BCUT2D eigenvalue weighted by Gasteiger charge is -2.29. The summed E-state index contributed by atoms with van der Waals surface area (Å²) in [5, 5.41) is 3.36. The number of piperidine rings is 1. The topological polar surface area (TPSA) is 49.0 Å². The number of methoxy groups -OCH3 is 1. The van der Waals surface area contributed by atoms with Gasteiger partial charge in [0, 0.05) is 13.7 Å². The largest absolute Gasteiger partial charge is 0.382 e. The molecule has 0 radical (unpaired) electrons. The van der Waals surface area contributed by atoms with E-state index in [1.807, 2.05) is 0 Å². The van der Waals surface area contributed by atoms with Crippen LogP contribution in [0.3, 0.4) is 0 Å². The number of nitrogens with one attached hydrogen (secondary N) is 1. The molecule has 0 bridgehead atoms. The Morgan fingerprint density at radius 3 is 2.33 bits per heavy atom. The normalized spacial score (nSPS) is 24.3. The molecule has 2 atom stereocenters. The first-order valence-electron chi connectivity index (χ1n) is 6.81. The van der Waals surface area contributed by atoms with Crippen LogP contribution in [-0.2, 0) is 18.9 Å². The molecule has 1 rings (SSSR count). The second-order valence-electron chi connectivity index (χ2n) is 4.60. The molecule has 1 heterocycles. The van der Waals surface area contributed by atoms with E-state index in [2.05, 4.69) is 12.2 Å². The smallest absolute Gasteiger partial charge is 0.0704 e. The first-order valence-corrected chi connectivity index (χ1v) is 6.81. The number of hydrogen-bond donors (Lipinski definition) is 1. The summed E-state index contributed by atoms with van der Waals surface area (Å²) in [5.41, 5.74) is 0. The third-order valence-electron chi connectivity index (χ3n) is 3.07. The Kier molecular flexibility index (Phi) is 9.42. The highest BCUT2D eigenvalue weighted by atomic mass is 16.6. The SMILES string of the molecule is COCCOCCOCCOC1CCNCC1C. The predicted molar refractivity (Wildman–Crippen MR) is 69.9 cm³/mol. The average molecular weight is 261 g/mol. The molecule has 108 valence electrons. The van der Waals surface area contributed by atoms with Gasteiger partial charge in [-0.2, -0.15) is 0 Å². The monoisotopic (exact) mass is 261 g/mol. The first kappa shape index (κ1) is 15.9. The van der Waals surface area contributed by atoms with Crippen LogP contribution in [0, 0.1) is 5.92 Å². The van der Waals surface area contributed by atoms with Crippen molar-refractivity contribution < 1.29 is 18.9 Å². The molecule has 1 aliphatic heterocycles. The van der Waals surface area contributed by atoms with Gasteiger partial charge in [0.15, 0.2) is 0 Å². The van der Waals surface area contributed by atoms with Crippen LogP contribution in [-0.4, -0.2) is 65.9 Å². The Bertz CT molecular complexity index is 192. The van der Waals surface area contributed by atoms with Gasteiger partial charge in [-0.15, -0.1) is 0 Å². The van der Waals surface area contributed by atoms with Crippen molar-refractivity contribution in [2.45, 2.75) is 19.4 Å². The van der Waals surface area contributed by atoms with Crippen LogP contribution in [0.15, 0.2) is 0 Å². The molecule has 5 nitrogen and oxygen atoms in total. The lowest BCUT2D eigenvalue weighted by atomic mass is 9.98. The molecule has 5 heteroatoms. The van der Waals surface area contributed by atoms with E-state index in [9.17, 15) is 0 Å². The van der Waals surface area contributed by atoms with Crippen LogP contribution in [0.2, 0.25) is 0 Å². The maximum Gasteiger partial charge on any atom is 0.0704 e. The van der Waals surface area contributed by atoms with Crippen molar-refractivity contribution in [3.8, 4) is 0 Å². The van der Waals surface area contributed by atoms with Crippen LogP contribution < -0.4 is 5.32 Å². The standard InChI is InChI=1S/C13H27NO4/c1-12-11-14-4-3-13(12)18-10-9-17-8-7-16-6-5-15-2/h12-14H,3-11H2,1-2H3. The molecule has 1 N–H and O–H groups in total. The van der Waals surface area contributed by atoms with E-state index < -0.39 is 0 Å². The minimum atomic E-state index is 0.382. The Labute approximate surface area is 110 Å². The fourth-order valence-corrected chi connectivity index (χ4v) is 1.96. The number of hydrogen-bond acceptors (Lipinski definition) is 5. The van der Waals surface area contributed by atoms with Crippen molar-refractivity contribution >= 4 is 0 Å². The van der Waals surface area contributed by atoms with E-state index in [1.54, 1.807) is 7.11 Å². The minimum absolute atomic E-state index is 0.382. The van der Waals surface area contributed by atoms with E-state index in [0.29, 0.717) is 51.7 Å². The third-order valence-corrected chi connectivity index (χ3v) is 3.07. The fourth-order valence-electron chi connectivity index (χ4n) is 1.96. The van der Waals surface area contributed by atoms with E-state index in [0.717, 1.165) is 19.5 Å². The summed E-state index contributed by atoms with van der Waals surface area (Å²) in [6.07, 6.45) is 1.48. The molecule has 0 aliphatic carbocycles. The Morgan fingerprint density at radius 1 is 1.00 bits per heavy atom. The maximum absolute atomic E-state index is 5.81. The Morgan fingerprint density at radius 2 is 1.67 bits per heavy atom. The molecule has 0 saturated carbocycles. The molecule has 0 amide bonds. The minimum Gasteiger partial charge on any atom is -0.382 e. The van der Waals surface area contributed by atoms with Crippen molar-refractivity contribution in [3.63, 3.8) is 0 Å². The number of ether oxygens (including phenoxy) is 4. The van der Waals surface area contributed by atoms with Gasteiger partial charge in [0.1, 0.15) is 0 Å². The molecule has 0 aromatic carbocycles. The van der Waals surface area contributed by atoms with E-state index in [4.69, 9.17) is 18.9 Å². The maximum atomic E-state index is 5.81. The Balaban J connectivity index is 1.83. The van der Waals surface area contributed by atoms with Crippen molar-refractivity contribution in [1.29, 1.82) is 0 Å². The molecule has 1 saturated heterocycles. The molecular formula is C13H27NO4. The summed E-state index contributed by atoms with van der Waals surface area (Å²) in [7, 11) is 1.67. The van der Waals surface area contributed by atoms with Gasteiger partial charge < -0.3 is 24.3 Å². The summed E-state index contributed by atoms with van der Waals surface area (Å²) >= 11 is 0. The van der Waals surface area contributed by atoms with Gasteiger partial charge in [-0.25, -0.2) is 0 Å². The highest BCUT2D eigenvalue weighted by molar-refractivity contribution is 4.75. The van der Waals surface area contributed by atoms with Gasteiger partial charge >= 0.3 is 0 Å². The molecule has 18 heavy (non-hydrogen) atoms. The molecule has 1 aliphatic rings. The van der Waals surface area contributed by atoms with Crippen molar-refractivity contribution in [3.05, 3.63) is 0 Å². The van der Waals surface area contributed by atoms with Gasteiger partial charge in [-0.05, 0) is 18.9 Å². The zero-order valence-electron chi connectivity index (χ0n) is 11.7.